The van der Waals surface area contributed by atoms with Gasteiger partial charge in [-0.15, -0.1) is 0 Å². The molecule has 22 heavy (non-hydrogen) atoms. The number of esters is 1. The Morgan fingerprint density at radius 2 is 1.91 bits per heavy atom. The fourth-order valence-corrected chi connectivity index (χ4v) is 6.42. The zero-order valence-electron chi connectivity index (χ0n) is 11.6. The SMILES string of the molecule is O=C(OCC12CC3CC4(O)CC(C1)C42C3)C(F)(F)S(=O)(=O)O. The highest BCUT2D eigenvalue weighted by molar-refractivity contribution is 7.87. The van der Waals surface area contributed by atoms with Crippen LogP contribution in [0.5, 0.6) is 0 Å². The molecular formula is C13H16F2O6S. The highest BCUT2D eigenvalue weighted by Crippen LogP contribution is 2.87. The average Bonchev–Trinajstić information content (AvgIpc) is 2.79. The quantitative estimate of drug-likeness (QED) is 0.585. The summed E-state index contributed by atoms with van der Waals surface area (Å²) in [5, 5.41) is 5.67. The first-order valence-electron chi connectivity index (χ1n) is 7.22. The lowest BCUT2D eigenvalue weighted by molar-refractivity contribution is -0.337. The van der Waals surface area contributed by atoms with Crippen LogP contribution in [0.1, 0.15) is 32.1 Å². The minimum atomic E-state index is -5.85. The van der Waals surface area contributed by atoms with Crippen molar-refractivity contribution in [1.82, 2.24) is 0 Å². The van der Waals surface area contributed by atoms with Gasteiger partial charge >= 0.3 is 21.3 Å². The van der Waals surface area contributed by atoms with Gasteiger partial charge in [0.2, 0.25) is 0 Å². The maximum atomic E-state index is 13.2. The number of fused-ring (bicyclic) bond motifs is 1. The Kier molecular flexibility index (Phi) is 2.45. The summed E-state index contributed by atoms with van der Waals surface area (Å²) < 4.78 is 60.5. The molecule has 4 aliphatic rings. The van der Waals surface area contributed by atoms with E-state index in [0.29, 0.717) is 37.5 Å². The van der Waals surface area contributed by atoms with Gasteiger partial charge in [-0.2, -0.15) is 17.2 Å². The lowest BCUT2D eigenvalue weighted by Crippen LogP contribution is -2.77. The zero-order valence-corrected chi connectivity index (χ0v) is 12.4. The average molecular weight is 338 g/mol. The molecule has 9 heteroatoms. The molecule has 6 nitrogen and oxygen atoms in total. The third kappa shape index (κ3) is 1.33. The van der Waals surface area contributed by atoms with E-state index >= 15 is 0 Å². The van der Waals surface area contributed by atoms with Crippen LogP contribution < -0.4 is 0 Å². The van der Waals surface area contributed by atoms with E-state index in [4.69, 9.17) is 4.55 Å². The van der Waals surface area contributed by atoms with Gasteiger partial charge in [0, 0.05) is 10.8 Å². The van der Waals surface area contributed by atoms with E-state index in [1.54, 1.807) is 0 Å². The smallest absolute Gasteiger partial charge is 0.460 e. The molecule has 4 saturated carbocycles. The number of rotatable bonds is 4. The summed E-state index contributed by atoms with van der Waals surface area (Å²) in [6.07, 6.45) is 3.65. The van der Waals surface area contributed by atoms with E-state index in [0.717, 1.165) is 6.42 Å². The van der Waals surface area contributed by atoms with Crippen LogP contribution in [0.15, 0.2) is 0 Å². The molecule has 1 spiro atoms. The summed E-state index contributed by atoms with van der Waals surface area (Å²) in [5.74, 6) is -1.61. The van der Waals surface area contributed by atoms with E-state index in [-0.39, 0.29) is 12.0 Å². The topological polar surface area (TPSA) is 101 Å². The lowest BCUT2D eigenvalue weighted by Gasteiger charge is -2.75. The standard InChI is InChI=1S/C13H16F2O6S/c14-13(15,22(18,19)20)9(16)21-6-10-1-7-2-11(17)5-8(4-10)12(10,11)3-7/h7-8,17H,1-6H2,(H,18,19,20). The van der Waals surface area contributed by atoms with Crippen molar-refractivity contribution in [3.05, 3.63) is 0 Å². The van der Waals surface area contributed by atoms with Crippen LogP contribution in [0, 0.1) is 22.7 Å². The molecule has 4 fully saturated rings. The van der Waals surface area contributed by atoms with Crippen molar-refractivity contribution in [3.8, 4) is 0 Å². The molecule has 2 N–H and O–H groups in total. The monoisotopic (exact) mass is 338 g/mol. The van der Waals surface area contributed by atoms with Gasteiger partial charge in [0.05, 0.1) is 12.2 Å². The number of carbonyl (C=O) groups is 1. The van der Waals surface area contributed by atoms with Gasteiger partial charge in [-0.1, -0.05) is 0 Å². The third-order valence-electron chi connectivity index (χ3n) is 6.65. The summed E-state index contributed by atoms with van der Waals surface area (Å²) >= 11 is 0. The molecule has 0 aromatic heterocycles. The van der Waals surface area contributed by atoms with E-state index in [9.17, 15) is 27.1 Å². The minimum absolute atomic E-state index is 0.304. The maximum Gasteiger partial charge on any atom is 0.465 e. The molecular weight excluding hydrogens is 322 g/mol. The number of carbonyl (C=O) groups excluding carboxylic acids is 1. The van der Waals surface area contributed by atoms with E-state index in [1.165, 1.54) is 0 Å². The van der Waals surface area contributed by atoms with Gasteiger partial charge in [-0.25, -0.2) is 4.79 Å². The maximum absolute atomic E-state index is 13.2. The number of ether oxygens (including phenoxy) is 1. The molecule has 0 saturated heterocycles. The largest absolute Gasteiger partial charge is 0.465 e. The normalized spacial score (nSPS) is 48.4. The molecule has 0 aliphatic heterocycles. The molecule has 0 radical (unpaired) electrons. The van der Waals surface area contributed by atoms with Crippen molar-refractivity contribution in [2.45, 2.75) is 43.0 Å². The molecule has 0 amide bonds. The highest BCUT2D eigenvalue weighted by atomic mass is 32.2. The molecule has 5 atom stereocenters. The van der Waals surface area contributed by atoms with Gasteiger partial charge in [-0.05, 0) is 43.9 Å². The van der Waals surface area contributed by atoms with E-state index < -0.39 is 32.4 Å². The second kappa shape index (κ2) is 3.64. The molecule has 0 aromatic rings. The number of alkyl halides is 2. The minimum Gasteiger partial charge on any atom is -0.460 e. The fourth-order valence-electron chi connectivity index (χ4n) is 6.15. The van der Waals surface area contributed by atoms with Gasteiger partial charge in [0.1, 0.15) is 0 Å². The first kappa shape index (κ1) is 14.8. The summed E-state index contributed by atoms with van der Waals surface area (Å²) in [7, 11) is -5.85. The van der Waals surface area contributed by atoms with Crippen molar-refractivity contribution >= 4 is 16.1 Å². The lowest BCUT2D eigenvalue weighted by atomic mass is 9.30. The Balaban J connectivity index is 1.51. The summed E-state index contributed by atoms with van der Waals surface area (Å²) in [5.41, 5.74) is -1.65. The van der Waals surface area contributed by atoms with Crippen LogP contribution in [-0.4, -0.2) is 41.5 Å². The van der Waals surface area contributed by atoms with E-state index in [2.05, 4.69) is 4.74 Å². The van der Waals surface area contributed by atoms with Crippen LogP contribution in [0.3, 0.4) is 0 Å². The van der Waals surface area contributed by atoms with Gasteiger partial charge in [-0.3, -0.25) is 4.55 Å². The Bertz CT molecular complexity index is 678. The number of hydrogen-bond acceptors (Lipinski definition) is 5. The summed E-state index contributed by atoms with van der Waals surface area (Å²) in [4.78, 5) is 11.3. The van der Waals surface area contributed by atoms with Crippen molar-refractivity contribution < 1.29 is 36.4 Å². The highest BCUT2D eigenvalue weighted by Gasteiger charge is 2.86. The van der Waals surface area contributed by atoms with E-state index in [1.807, 2.05) is 0 Å². The number of aliphatic hydroxyl groups is 1. The van der Waals surface area contributed by atoms with Crippen LogP contribution in [-0.2, 0) is 19.6 Å². The number of hydrogen-bond donors (Lipinski definition) is 2. The molecule has 5 unspecified atom stereocenters. The number of halogens is 2. The van der Waals surface area contributed by atoms with Gasteiger partial charge in [0.25, 0.3) is 0 Å². The van der Waals surface area contributed by atoms with Crippen LogP contribution >= 0.6 is 0 Å². The zero-order chi connectivity index (χ0) is 16.2. The molecule has 2 bridgehead atoms. The second-order valence-corrected chi connectivity index (χ2v) is 8.90. The van der Waals surface area contributed by atoms with Crippen LogP contribution in [0.2, 0.25) is 0 Å². The Labute approximate surface area is 125 Å². The fraction of sp³-hybridized carbons (Fsp3) is 0.923. The first-order chi connectivity index (χ1) is 9.98. The predicted molar refractivity (Wildman–Crippen MR) is 67.3 cm³/mol. The van der Waals surface area contributed by atoms with Gasteiger partial charge in [0.15, 0.2) is 0 Å². The second-order valence-electron chi connectivity index (χ2n) is 7.43. The third-order valence-corrected chi connectivity index (χ3v) is 7.47. The first-order valence-corrected chi connectivity index (χ1v) is 8.66. The Hall–Kier alpha value is -0.800. The Morgan fingerprint density at radius 1 is 1.23 bits per heavy atom. The summed E-state index contributed by atoms with van der Waals surface area (Å²) in [6.45, 7) is -0.327. The summed E-state index contributed by atoms with van der Waals surface area (Å²) in [6, 6.07) is 0. The molecule has 4 aliphatic carbocycles. The van der Waals surface area contributed by atoms with Gasteiger partial charge < -0.3 is 9.84 Å². The van der Waals surface area contributed by atoms with Crippen molar-refractivity contribution in [2.24, 2.45) is 22.7 Å². The molecule has 4 rings (SSSR count). The van der Waals surface area contributed by atoms with Crippen molar-refractivity contribution in [2.75, 3.05) is 6.61 Å². The van der Waals surface area contributed by atoms with Crippen molar-refractivity contribution in [3.63, 3.8) is 0 Å². The van der Waals surface area contributed by atoms with Crippen LogP contribution in [0.25, 0.3) is 0 Å². The predicted octanol–water partition coefficient (Wildman–Crippen LogP) is 0.951. The molecule has 0 aromatic carbocycles. The molecule has 124 valence electrons. The molecule has 0 heterocycles. The van der Waals surface area contributed by atoms with Crippen LogP contribution in [0.4, 0.5) is 8.78 Å². The Morgan fingerprint density at radius 3 is 2.45 bits per heavy atom. The van der Waals surface area contributed by atoms with Crippen molar-refractivity contribution in [1.29, 1.82) is 0 Å².